The number of carbonyl (C=O) groups excluding carboxylic acids is 2. The van der Waals surface area contributed by atoms with Crippen LogP contribution in [0, 0.1) is 0 Å². The van der Waals surface area contributed by atoms with Gasteiger partial charge in [0.05, 0.1) is 18.3 Å². The number of carbonyl (C=O) groups is 2. The lowest BCUT2D eigenvalue weighted by Crippen LogP contribution is -2.39. The Kier molecular flexibility index (Phi) is 6.06. The summed E-state index contributed by atoms with van der Waals surface area (Å²) in [6.45, 7) is 3.91. The summed E-state index contributed by atoms with van der Waals surface area (Å²) in [4.78, 5) is 29.2. The third-order valence-electron chi connectivity index (χ3n) is 3.95. The van der Waals surface area contributed by atoms with Gasteiger partial charge in [0, 0.05) is 13.5 Å². The minimum absolute atomic E-state index is 0.0245. The van der Waals surface area contributed by atoms with Crippen molar-refractivity contribution >= 4 is 11.8 Å². The first kappa shape index (κ1) is 17.7. The Balaban J connectivity index is 1.95. The van der Waals surface area contributed by atoms with Crippen LogP contribution < -0.4 is 5.32 Å². The Morgan fingerprint density at radius 2 is 2.00 bits per heavy atom. The van der Waals surface area contributed by atoms with Gasteiger partial charge in [0.15, 0.2) is 0 Å². The smallest absolute Gasteiger partial charge is 0.242 e. The van der Waals surface area contributed by atoms with Crippen LogP contribution >= 0.6 is 0 Å². The lowest BCUT2D eigenvalue weighted by atomic mass is 10.1. The molecule has 0 spiro atoms. The number of benzene rings is 1. The van der Waals surface area contributed by atoms with E-state index in [4.69, 9.17) is 0 Å². The molecule has 128 valence electrons. The van der Waals surface area contributed by atoms with E-state index >= 15 is 0 Å². The molecular formula is C17H23N5O2. The molecule has 0 saturated carbocycles. The van der Waals surface area contributed by atoms with Gasteiger partial charge in [-0.05, 0) is 31.0 Å². The molecule has 0 aliphatic rings. The lowest BCUT2D eigenvalue weighted by molar-refractivity contribution is -0.133. The summed E-state index contributed by atoms with van der Waals surface area (Å²) in [6, 6.07) is 7.69. The zero-order chi connectivity index (χ0) is 17.5. The molecule has 2 amide bonds. The molecule has 0 bridgehead atoms. The van der Waals surface area contributed by atoms with Gasteiger partial charge in [-0.3, -0.25) is 9.59 Å². The van der Waals surface area contributed by atoms with E-state index in [1.165, 1.54) is 6.33 Å². The minimum Gasteiger partial charge on any atom is -0.347 e. The number of nitrogens with one attached hydrogen (secondary N) is 1. The highest BCUT2D eigenvalue weighted by molar-refractivity contribution is 5.84. The molecular weight excluding hydrogens is 306 g/mol. The average molecular weight is 329 g/mol. The third kappa shape index (κ3) is 4.41. The number of hydrogen-bond acceptors (Lipinski definition) is 4. The van der Waals surface area contributed by atoms with Gasteiger partial charge in [0.25, 0.3) is 0 Å². The first-order chi connectivity index (χ1) is 11.5. The van der Waals surface area contributed by atoms with Gasteiger partial charge in [0.2, 0.25) is 11.8 Å². The molecule has 1 atom stereocenters. The summed E-state index contributed by atoms with van der Waals surface area (Å²) in [7, 11) is 1.74. The van der Waals surface area contributed by atoms with Crippen LogP contribution in [0.1, 0.15) is 38.3 Å². The van der Waals surface area contributed by atoms with Crippen LogP contribution in [0.5, 0.6) is 0 Å². The topological polar surface area (TPSA) is 80.1 Å². The lowest BCUT2D eigenvalue weighted by Gasteiger charge is -2.25. The Hall–Kier alpha value is -2.70. The number of rotatable bonds is 7. The SMILES string of the molecule is CCCC(=O)NCC(=O)N(C)C(C)c1ccc(-n2cncn2)cc1. The molecule has 1 heterocycles. The minimum atomic E-state index is -0.118. The van der Waals surface area contributed by atoms with E-state index < -0.39 is 0 Å². The van der Waals surface area contributed by atoms with E-state index in [0.29, 0.717) is 6.42 Å². The third-order valence-corrected chi connectivity index (χ3v) is 3.95. The molecule has 1 N–H and O–H groups in total. The van der Waals surface area contributed by atoms with E-state index in [-0.39, 0.29) is 24.4 Å². The first-order valence-electron chi connectivity index (χ1n) is 8.00. The summed E-state index contributed by atoms with van der Waals surface area (Å²) in [5, 5.41) is 6.73. The van der Waals surface area contributed by atoms with Crippen LogP contribution in [0.4, 0.5) is 0 Å². The van der Waals surface area contributed by atoms with Crippen molar-refractivity contribution in [2.45, 2.75) is 32.7 Å². The second kappa shape index (κ2) is 8.24. The summed E-state index contributed by atoms with van der Waals surface area (Å²) < 4.78 is 1.67. The Bertz CT molecular complexity index is 667. The maximum atomic E-state index is 12.2. The van der Waals surface area contributed by atoms with Gasteiger partial charge >= 0.3 is 0 Å². The van der Waals surface area contributed by atoms with Crippen molar-refractivity contribution in [3.05, 3.63) is 42.5 Å². The molecule has 7 nitrogen and oxygen atoms in total. The summed E-state index contributed by atoms with van der Waals surface area (Å²) in [5.74, 6) is -0.212. The normalized spacial score (nSPS) is 11.8. The van der Waals surface area contributed by atoms with Crippen LogP contribution in [-0.2, 0) is 9.59 Å². The fourth-order valence-electron chi connectivity index (χ4n) is 2.30. The van der Waals surface area contributed by atoms with E-state index in [0.717, 1.165) is 17.7 Å². The Morgan fingerprint density at radius 1 is 1.29 bits per heavy atom. The van der Waals surface area contributed by atoms with Crippen LogP contribution in [0.15, 0.2) is 36.9 Å². The van der Waals surface area contributed by atoms with Crippen LogP contribution in [0.3, 0.4) is 0 Å². The molecule has 0 radical (unpaired) electrons. The first-order valence-corrected chi connectivity index (χ1v) is 8.00. The predicted octanol–water partition coefficient (Wildman–Crippen LogP) is 1.70. The van der Waals surface area contributed by atoms with Gasteiger partial charge in [-0.2, -0.15) is 5.10 Å². The summed E-state index contributed by atoms with van der Waals surface area (Å²) >= 11 is 0. The van der Waals surface area contributed by atoms with Gasteiger partial charge in [0.1, 0.15) is 12.7 Å². The highest BCUT2D eigenvalue weighted by atomic mass is 16.2. The molecule has 2 aromatic rings. The van der Waals surface area contributed by atoms with Crippen molar-refractivity contribution < 1.29 is 9.59 Å². The maximum Gasteiger partial charge on any atom is 0.242 e. The van der Waals surface area contributed by atoms with Crippen molar-refractivity contribution in [3.63, 3.8) is 0 Å². The van der Waals surface area contributed by atoms with E-state index in [1.807, 2.05) is 38.1 Å². The fourth-order valence-corrected chi connectivity index (χ4v) is 2.30. The van der Waals surface area contributed by atoms with Crippen LogP contribution in [-0.4, -0.2) is 45.1 Å². The Morgan fingerprint density at radius 3 is 2.58 bits per heavy atom. The molecule has 0 aliphatic heterocycles. The number of aromatic nitrogens is 3. The van der Waals surface area contributed by atoms with E-state index in [1.54, 1.807) is 23.0 Å². The molecule has 2 rings (SSSR count). The van der Waals surface area contributed by atoms with E-state index in [9.17, 15) is 9.59 Å². The number of amides is 2. The zero-order valence-electron chi connectivity index (χ0n) is 14.3. The molecule has 0 fully saturated rings. The molecule has 7 heteroatoms. The van der Waals surface area contributed by atoms with Crippen molar-refractivity contribution in [1.29, 1.82) is 0 Å². The highest BCUT2D eigenvalue weighted by Gasteiger charge is 2.17. The monoisotopic (exact) mass is 329 g/mol. The number of likely N-dealkylation sites (N-methyl/N-ethyl adjacent to an activating group) is 1. The van der Waals surface area contributed by atoms with Gasteiger partial charge in [-0.25, -0.2) is 9.67 Å². The second-order valence-electron chi connectivity index (χ2n) is 5.64. The molecule has 1 aromatic heterocycles. The maximum absolute atomic E-state index is 12.2. The number of hydrogen-bond donors (Lipinski definition) is 1. The average Bonchev–Trinajstić information content (AvgIpc) is 3.13. The van der Waals surface area contributed by atoms with Gasteiger partial charge in [-0.1, -0.05) is 19.1 Å². The summed E-state index contributed by atoms with van der Waals surface area (Å²) in [5.41, 5.74) is 1.92. The molecule has 1 aromatic carbocycles. The highest BCUT2D eigenvalue weighted by Crippen LogP contribution is 2.20. The molecule has 0 aliphatic carbocycles. The number of nitrogens with zero attached hydrogens (tertiary/aromatic N) is 4. The van der Waals surface area contributed by atoms with E-state index in [2.05, 4.69) is 15.4 Å². The van der Waals surface area contributed by atoms with Crippen molar-refractivity contribution in [1.82, 2.24) is 25.0 Å². The molecule has 1 unspecified atom stereocenters. The molecule has 24 heavy (non-hydrogen) atoms. The molecule has 0 saturated heterocycles. The largest absolute Gasteiger partial charge is 0.347 e. The standard InChI is InChI=1S/C17H23N5O2/c1-4-5-16(23)19-10-17(24)21(3)13(2)14-6-8-15(9-7-14)22-12-18-11-20-22/h6-9,11-13H,4-5,10H2,1-3H3,(H,19,23). The van der Waals surface area contributed by atoms with Crippen molar-refractivity contribution in [3.8, 4) is 5.69 Å². The summed E-state index contributed by atoms with van der Waals surface area (Å²) in [6.07, 6.45) is 4.32. The predicted molar refractivity (Wildman–Crippen MR) is 90.5 cm³/mol. The van der Waals surface area contributed by atoms with Crippen molar-refractivity contribution in [2.75, 3.05) is 13.6 Å². The van der Waals surface area contributed by atoms with Gasteiger partial charge in [-0.15, -0.1) is 0 Å². The fraction of sp³-hybridized carbons (Fsp3) is 0.412. The van der Waals surface area contributed by atoms with Gasteiger partial charge < -0.3 is 10.2 Å². The zero-order valence-corrected chi connectivity index (χ0v) is 14.3. The van der Waals surface area contributed by atoms with Crippen LogP contribution in [0.25, 0.3) is 5.69 Å². The quantitative estimate of drug-likeness (QED) is 0.838. The van der Waals surface area contributed by atoms with Crippen LogP contribution in [0.2, 0.25) is 0 Å². The second-order valence-corrected chi connectivity index (χ2v) is 5.64. The Labute approximate surface area is 141 Å². The van der Waals surface area contributed by atoms with Crippen molar-refractivity contribution in [2.24, 2.45) is 0 Å².